The van der Waals surface area contributed by atoms with E-state index in [1.54, 1.807) is 0 Å². The van der Waals surface area contributed by atoms with E-state index in [9.17, 15) is 9.59 Å². The van der Waals surface area contributed by atoms with Gasteiger partial charge in [-0.2, -0.15) is 0 Å². The summed E-state index contributed by atoms with van der Waals surface area (Å²) in [4.78, 5) is 21.9. The number of hydrogen-bond donors (Lipinski definition) is 2. The Hall–Kier alpha value is -1.72. The molecule has 2 N–H and O–H groups in total. The molecule has 0 bridgehead atoms. The molecule has 0 fully saturated rings. The smallest absolute Gasteiger partial charge is 0.415 e. The standard InChI is InChI=1S/C7H9NO5/c1-7(2)8(6(11)12)4(3-13-7)5(9)10/h3H,1-2H3,(H,9,10)(H,11,12). The molecule has 0 aliphatic carbocycles. The Balaban J connectivity index is 3.02. The van der Waals surface area contributed by atoms with Crippen LogP contribution in [-0.4, -0.2) is 32.9 Å². The van der Waals surface area contributed by atoms with Gasteiger partial charge in [0.05, 0.1) is 0 Å². The maximum atomic E-state index is 10.7. The summed E-state index contributed by atoms with van der Waals surface area (Å²) >= 11 is 0. The first-order valence-corrected chi connectivity index (χ1v) is 3.50. The van der Waals surface area contributed by atoms with Crippen molar-refractivity contribution in [3.05, 3.63) is 12.0 Å². The molecule has 6 nitrogen and oxygen atoms in total. The van der Waals surface area contributed by atoms with Gasteiger partial charge in [0.2, 0.25) is 0 Å². The fourth-order valence-corrected chi connectivity index (χ4v) is 1.07. The number of hydrogen-bond acceptors (Lipinski definition) is 3. The number of ether oxygens (including phenoxy) is 1. The second-order valence-corrected chi connectivity index (χ2v) is 2.99. The molecule has 0 saturated carbocycles. The van der Waals surface area contributed by atoms with Crippen LogP contribution in [0.4, 0.5) is 4.79 Å². The second-order valence-electron chi connectivity index (χ2n) is 2.99. The van der Waals surface area contributed by atoms with Crippen molar-refractivity contribution in [3.63, 3.8) is 0 Å². The van der Waals surface area contributed by atoms with Crippen molar-refractivity contribution in [3.8, 4) is 0 Å². The molecule has 0 aromatic carbocycles. The summed E-state index contributed by atoms with van der Waals surface area (Å²) in [7, 11) is 0. The van der Waals surface area contributed by atoms with Crippen molar-refractivity contribution in [1.29, 1.82) is 0 Å². The van der Waals surface area contributed by atoms with Crippen molar-refractivity contribution in [2.45, 2.75) is 19.6 Å². The van der Waals surface area contributed by atoms with Crippen LogP contribution in [0.5, 0.6) is 0 Å². The highest BCUT2D eigenvalue weighted by molar-refractivity contribution is 5.91. The molecule has 0 saturated heterocycles. The Morgan fingerprint density at radius 2 is 2.00 bits per heavy atom. The molecule has 0 spiro atoms. The second kappa shape index (κ2) is 2.65. The van der Waals surface area contributed by atoms with Crippen LogP contribution < -0.4 is 0 Å². The molecule has 13 heavy (non-hydrogen) atoms. The highest BCUT2D eigenvalue weighted by Gasteiger charge is 2.42. The zero-order valence-corrected chi connectivity index (χ0v) is 7.14. The Morgan fingerprint density at radius 1 is 1.46 bits per heavy atom. The lowest BCUT2D eigenvalue weighted by Gasteiger charge is -2.28. The van der Waals surface area contributed by atoms with Gasteiger partial charge in [-0.1, -0.05) is 0 Å². The molecule has 1 heterocycles. The molecule has 0 aromatic rings. The van der Waals surface area contributed by atoms with E-state index < -0.39 is 17.8 Å². The predicted molar refractivity (Wildman–Crippen MR) is 40.7 cm³/mol. The number of rotatable bonds is 1. The van der Waals surface area contributed by atoms with Crippen LogP contribution in [0.25, 0.3) is 0 Å². The van der Waals surface area contributed by atoms with E-state index in [0.29, 0.717) is 4.90 Å². The zero-order valence-electron chi connectivity index (χ0n) is 7.14. The molecule has 1 rings (SSSR count). The van der Waals surface area contributed by atoms with E-state index >= 15 is 0 Å². The third-order valence-corrected chi connectivity index (χ3v) is 1.65. The molecule has 1 aliphatic heterocycles. The predicted octanol–water partition coefficient (Wildman–Crippen LogP) is 0.659. The molecule has 0 atom stereocenters. The zero-order chi connectivity index (χ0) is 10.2. The largest absolute Gasteiger partial charge is 0.476 e. The van der Waals surface area contributed by atoms with Crippen LogP contribution in [0.15, 0.2) is 12.0 Å². The number of nitrogens with zero attached hydrogens (tertiary/aromatic N) is 1. The first-order valence-electron chi connectivity index (χ1n) is 3.50. The Labute approximate surface area is 74.0 Å². The molecular formula is C7H9NO5. The summed E-state index contributed by atoms with van der Waals surface area (Å²) in [5, 5.41) is 17.3. The van der Waals surface area contributed by atoms with Crippen molar-refractivity contribution in [2.75, 3.05) is 0 Å². The summed E-state index contributed by atoms with van der Waals surface area (Å²) in [5.41, 5.74) is -1.53. The monoisotopic (exact) mass is 187 g/mol. The average molecular weight is 187 g/mol. The SMILES string of the molecule is CC1(C)OC=C(C(=O)O)N1C(=O)O. The summed E-state index contributed by atoms with van der Waals surface area (Å²) in [5.74, 6) is -1.33. The fraction of sp³-hybridized carbons (Fsp3) is 0.429. The van der Waals surface area contributed by atoms with Gasteiger partial charge in [-0.05, 0) is 13.8 Å². The minimum atomic E-state index is -1.35. The van der Waals surface area contributed by atoms with Crippen LogP contribution in [0.1, 0.15) is 13.8 Å². The summed E-state index contributed by atoms with van der Waals surface area (Å²) in [6.45, 7) is 2.93. The van der Waals surface area contributed by atoms with Crippen molar-refractivity contribution >= 4 is 12.1 Å². The Morgan fingerprint density at radius 3 is 2.31 bits per heavy atom. The summed E-state index contributed by atoms with van der Waals surface area (Å²) in [6.07, 6.45) is -0.424. The van der Waals surface area contributed by atoms with Crippen LogP contribution >= 0.6 is 0 Å². The van der Waals surface area contributed by atoms with E-state index in [1.807, 2.05) is 0 Å². The van der Waals surface area contributed by atoms with Gasteiger partial charge < -0.3 is 14.9 Å². The van der Waals surface area contributed by atoms with Gasteiger partial charge in [0.25, 0.3) is 0 Å². The van der Waals surface area contributed by atoms with Crippen molar-refractivity contribution in [2.24, 2.45) is 0 Å². The number of carboxylic acid groups (broad SMARTS) is 2. The van der Waals surface area contributed by atoms with E-state index in [-0.39, 0.29) is 5.70 Å². The van der Waals surface area contributed by atoms with Gasteiger partial charge in [-0.15, -0.1) is 0 Å². The minimum Gasteiger partial charge on any atom is -0.476 e. The molecule has 1 amide bonds. The fourth-order valence-electron chi connectivity index (χ4n) is 1.07. The topological polar surface area (TPSA) is 87.1 Å². The highest BCUT2D eigenvalue weighted by atomic mass is 16.5. The molecule has 72 valence electrons. The van der Waals surface area contributed by atoms with E-state index in [2.05, 4.69) is 0 Å². The highest BCUT2D eigenvalue weighted by Crippen LogP contribution is 2.28. The van der Waals surface area contributed by atoms with Crippen LogP contribution in [0.3, 0.4) is 0 Å². The number of carbonyl (C=O) groups is 2. The van der Waals surface area contributed by atoms with Crippen LogP contribution in [0.2, 0.25) is 0 Å². The van der Waals surface area contributed by atoms with Crippen LogP contribution in [-0.2, 0) is 9.53 Å². The molecule has 6 heteroatoms. The van der Waals surface area contributed by atoms with Crippen molar-refractivity contribution in [1.82, 2.24) is 4.90 Å². The lowest BCUT2D eigenvalue weighted by molar-refractivity contribution is -0.135. The third kappa shape index (κ3) is 1.42. The Bertz CT molecular complexity index is 293. The van der Waals surface area contributed by atoms with Gasteiger partial charge in [-0.3, -0.25) is 0 Å². The molecule has 1 aliphatic rings. The van der Waals surface area contributed by atoms with E-state index in [1.165, 1.54) is 13.8 Å². The van der Waals surface area contributed by atoms with Gasteiger partial charge in [-0.25, -0.2) is 14.5 Å². The maximum Gasteiger partial charge on any atom is 0.415 e. The molecule has 0 radical (unpaired) electrons. The quantitative estimate of drug-likeness (QED) is 0.629. The normalized spacial score (nSPS) is 19.2. The molecular weight excluding hydrogens is 178 g/mol. The Kier molecular flexibility index (Phi) is 1.91. The first kappa shape index (κ1) is 9.37. The maximum absolute atomic E-state index is 10.7. The van der Waals surface area contributed by atoms with Gasteiger partial charge in [0, 0.05) is 0 Å². The minimum absolute atomic E-state index is 0.377. The number of carboxylic acids is 1. The third-order valence-electron chi connectivity index (χ3n) is 1.65. The van der Waals surface area contributed by atoms with Crippen molar-refractivity contribution < 1.29 is 24.5 Å². The molecule has 0 aromatic heterocycles. The van der Waals surface area contributed by atoms with E-state index in [4.69, 9.17) is 14.9 Å². The lowest BCUT2D eigenvalue weighted by Crippen LogP contribution is -2.44. The summed E-state index contributed by atoms with van der Waals surface area (Å²) < 4.78 is 4.89. The van der Waals surface area contributed by atoms with Gasteiger partial charge in [0.15, 0.2) is 11.4 Å². The number of amides is 1. The molecule has 0 unspecified atom stereocenters. The van der Waals surface area contributed by atoms with Crippen LogP contribution in [0, 0.1) is 0 Å². The lowest BCUT2D eigenvalue weighted by atomic mass is 10.2. The first-order chi connectivity index (χ1) is 5.86. The number of aliphatic carboxylic acids is 1. The van der Waals surface area contributed by atoms with Gasteiger partial charge in [0.1, 0.15) is 6.26 Å². The van der Waals surface area contributed by atoms with Gasteiger partial charge >= 0.3 is 12.1 Å². The summed E-state index contributed by atoms with van der Waals surface area (Å²) in [6, 6.07) is 0. The average Bonchev–Trinajstić information content (AvgIpc) is 2.24. The van der Waals surface area contributed by atoms with E-state index in [0.717, 1.165) is 6.26 Å².